The highest BCUT2D eigenvalue weighted by Gasteiger charge is 2.28. The predicted molar refractivity (Wildman–Crippen MR) is 90.6 cm³/mol. The van der Waals surface area contributed by atoms with E-state index in [1.807, 2.05) is 56.3 Å². The molecule has 1 aliphatic heterocycles. The molecule has 23 heavy (non-hydrogen) atoms. The number of para-hydroxylation sites is 2. The Morgan fingerprint density at radius 2 is 2.09 bits per heavy atom. The number of benzene rings is 2. The minimum Gasteiger partial charge on any atom is -0.495 e. The number of urea groups is 1. The molecule has 0 bridgehead atoms. The molecule has 120 valence electrons. The third kappa shape index (κ3) is 3.08. The van der Waals surface area contributed by atoms with Gasteiger partial charge in [0.2, 0.25) is 0 Å². The first-order chi connectivity index (χ1) is 11.1. The number of amides is 2. The van der Waals surface area contributed by atoms with Gasteiger partial charge in [-0.3, -0.25) is 4.90 Å². The highest BCUT2D eigenvalue weighted by molar-refractivity contribution is 6.03. The van der Waals surface area contributed by atoms with Gasteiger partial charge in [0, 0.05) is 0 Å². The number of methoxy groups -OCH3 is 1. The van der Waals surface area contributed by atoms with Crippen LogP contribution >= 0.6 is 0 Å². The van der Waals surface area contributed by atoms with Crippen molar-refractivity contribution in [3.63, 3.8) is 0 Å². The number of ether oxygens (including phenoxy) is 2. The smallest absolute Gasteiger partial charge is 0.326 e. The maximum atomic E-state index is 12.8. The minimum atomic E-state index is -0.198. The molecule has 2 aromatic carbocycles. The van der Waals surface area contributed by atoms with Gasteiger partial charge in [-0.15, -0.1) is 0 Å². The van der Waals surface area contributed by atoms with Crippen molar-refractivity contribution in [1.29, 1.82) is 0 Å². The minimum absolute atomic E-state index is 0.0615. The van der Waals surface area contributed by atoms with Gasteiger partial charge in [0.25, 0.3) is 0 Å². The molecule has 1 aliphatic rings. The Morgan fingerprint density at radius 1 is 1.30 bits per heavy atom. The van der Waals surface area contributed by atoms with Crippen molar-refractivity contribution in [2.45, 2.75) is 20.0 Å². The summed E-state index contributed by atoms with van der Waals surface area (Å²) >= 11 is 0. The van der Waals surface area contributed by atoms with Gasteiger partial charge >= 0.3 is 6.03 Å². The molecule has 1 atom stereocenters. The molecule has 2 aromatic rings. The van der Waals surface area contributed by atoms with E-state index in [1.54, 1.807) is 12.0 Å². The molecule has 0 aliphatic carbocycles. The monoisotopic (exact) mass is 312 g/mol. The van der Waals surface area contributed by atoms with Crippen molar-refractivity contribution in [2.24, 2.45) is 0 Å². The number of rotatable bonds is 2. The summed E-state index contributed by atoms with van der Waals surface area (Å²) in [7, 11) is 1.58. The summed E-state index contributed by atoms with van der Waals surface area (Å²) < 4.78 is 11.1. The Hall–Kier alpha value is -2.69. The quantitative estimate of drug-likeness (QED) is 0.917. The average molecular weight is 312 g/mol. The Morgan fingerprint density at radius 3 is 2.87 bits per heavy atom. The number of nitrogens with zero attached hydrogens (tertiary/aromatic N) is 1. The van der Waals surface area contributed by atoms with Gasteiger partial charge in [-0.2, -0.15) is 0 Å². The number of aryl methyl sites for hydroxylation is 1. The molecule has 5 heteroatoms. The number of fused-ring (bicyclic) bond motifs is 1. The number of carbonyl (C=O) groups is 1. The molecule has 0 fully saturated rings. The van der Waals surface area contributed by atoms with Crippen LogP contribution in [0.5, 0.6) is 11.5 Å². The second-order valence-corrected chi connectivity index (χ2v) is 5.64. The highest BCUT2D eigenvalue weighted by Crippen LogP contribution is 2.35. The van der Waals surface area contributed by atoms with Crippen LogP contribution in [0.2, 0.25) is 0 Å². The lowest BCUT2D eigenvalue weighted by atomic mass is 10.1. The van der Waals surface area contributed by atoms with Crippen molar-refractivity contribution in [3.8, 4) is 11.5 Å². The summed E-state index contributed by atoms with van der Waals surface area (Å²) in [4.78, 5) is 14.5. The fourth-order valence-corrected chi connectivity index (χ4v) is 2.67. The van der Waals surface area contributed by atoms with Crippen LogP contribution in [0.15, 0.2) is 42.5 Å². The molecular formula is C18H20N2O3. The maximum absolute atomic E-state index is 12.8. The summed E-state index contributed by atoms with van der Waals surface area (Å²) in [6.45, 7) is 4.44. The summed E-state index contributed by atoms with van der Waals surface area (Å²) in [5, 5.41) is 2.92. The van der Waals surface area contributed by atoms with E-state index >= 15 is 0 Å². The largest absolute Gasteiger partial charge is 0.495 e. The first-order valence-corrected chi connectivity index (χ1v) is 7.57. The summed E-state index contributed by atoms with van der Waals surface area (Å²) in [6, 6.07) is 13.0. The molecule has 5 nitrogen and oxygen atoms in total. The van der Waals surface area contributed by atoms with Crippen molar-refractivity contribution in [2.75, 3.05) is 23.9 Å². The number of hydrogen-bond donors (Lipinski definition) is 1. The Kier molecular flexibility index (Phi) is 4.10. The third-order valence-corrected chi connectivity index (χ3v) is 3.77. The third-order valence-electron chi connectivity index (χ3n) is 3.77. The van der Waals surface area contributed by atoms with Crippen molar-refractivity contribution >= 4 is 17.4 Å². The molecule has 2 amide bonds. The number of carbonyl (C=O) groups excluding carboxylic acids is 1. The van der Waals surface area contributed by atoms with E-state index in [9.17, 15) is 4.79 Å². The molecule has 3 rings (SSSR count). The molecule has 0 aromatic heterocycles. The Labute approximate surface area is 135 Å². The van der Waals surface area contributed by atoms with Crippen LogP contribution in [0.3, 0.4) is 0 Å². The van der Waals surface area contributed by atoms with Gasteiger partial charge in [0.1, 0.15) is 17.6 Å². The summed E-state index contributed by atoms with van der Waals surface area (Å²) in [5.74, 6) is 1.36. The van der Waals surface area contributed by atoms with Gasteiger partial charge in [0.15, 0.2) is 0 Å². The molecule has 0 saturated heterocycles. The number of nitrogens with one attached hydrogen (secondary N) is 1. The van der Waals surface area contributed by atoms with Crippen LogP contribution < -0.4 is 19.7 Å². The van der Waals surface area contributed by atoms with Gasteiger partial charge in [-0.1, -0.05) is 18.2 Å². The van der Waals surface area contributed by atoms with Crippen LogP contribution in [0.4, 0.5) is 16.2 Å². The molecule has 0 radical (unpaired) electrons. The lowest BCUT2D eigenvalue weighted by Crippen LogP contribution is -2.44. The fourth-order valence-electron chi connectivity index (χ4n) is 2.67. The standard InChI is InChI=1S/C18H20N2O3/c1-12-8-9-17-15(10-12)20(11-13(2)23-17)18(21)19-14-6-4-5-7-16(14)22-3/h4-10,13H,11H2,1-3H3,(H,19,21). The van der Waals surface area contributed by atoms with Gasteiger partial charge in [-0.25, -0.2) is 4.79 Å². The molecule has 0 saturated carbocycles. The first kappa shape index (κ1) is 15.2. The predicted octanol–water partition coefficient (Wildman–Crippen LogP) is 3.82. The fraction of sp³-hybridized carbons (Fsp3) is 0.278. The van der Waals surface area contributed by atoms with Crippen LogP contribution in [-0.2, 0) is 0 Å². The van der Waals surface area contributed by atoms with E-state index < -0.39 is 0 Å². The maximum Gasteiger partial charge on any atom is 0.326 e. The molecule has 1 N–H and O–H groups in total. The molecular weight excluding hydrogens is 292 g/mol. The highest BCUT2D eigenvalue weighted by atomic mass is 16.5. The van der Waals surface area contributed by atoms with Crippen molar-refractivity contribution < 1.29 is 14.3 Å². The summed E-state index contributed by atoms with van der Waals surface area (Å²) in [6.07, 6.45) is -0.0615. The van der Waals surface area contributed by atoms with E-state index in [-0.39, 0.29) is 12.1 Å². The lowest BCUT2D eigenvalue weighted by Gasteiger charge is -2.33. The Balaban J connectivity index is 1.89. The zero-order valence-electron chi connectivity index (χ0n) is 13.5. The number of anilines is 2. The van der Waals surface area contributed by atoms with E-state index in [0.717, 1.165) is 17.0 Å². The Bertz CT molecular complexity index is 730. The second-order valence-electron chi connectivity index (χ2n) is 5.64. The van der Waals surface area contributed by atoms with Gasteiger partial charge in [-0.05, 0) is 43.7 Å². The molecule has 1 unspecified atom stereocenters. The van der Waals surface area contributed by atoms with Crippen molar-refractivity contribution in [1.82, 2.24) is 0 Å². The van der Waals surface area contributed by atoms with E-state index in [1.165, 1.54) is 0 Å². The van der Waals surface area contributed by atoms with Gasteiger partial charge < -0.3 is 14.8 Å². The zero-order valence-corrected chi connectivity index (χ0v) is 13.5. The van der Waals surface area contributed by atoms with E-state index in [2.05, 4.69) is 5.32 Å². The topological polar surface area (TPSA) is 50.8 Å². The van der Waals surface area contributed by atoms with E-state index in [0.29, 0.717) is 18.0 Å². The van der Waals surface area contributed by atoms with Gasteiger partial charge in [0.05, 0.1) is 25.0 Å². The van der Waals surface area contributed by atoms with Crippen LogP contribution in [0, 0.1) is 6.92 Å². The normalized spacial score (nSPS) is 16.3. The summed E-state index contributed by atoms with van der Waals surface area (Å²) in [5.41, 5.74) is 2.51. The second kappa shape index (κ2) is 6.20. The first-order valence-electron chi connectivity index (χ1n) is 7.57. The van der Waals surface area contributed by atoms with Crippen LogP contribution in [-0.4, -0.2) is 25.8 Å². The number of hydrogen-bond acceptors (Lipinski definition) is 3. The van der Waals surface area contributed by atoms with Crippen LogP contribution in [0.25, 0.3) is 0 Å². The average Bonchev–Trinajstić information content (AvgIpc) is 2.55. The zero-order chi connectivity index (χ0) is 16.4. The SMILES string of the molecule is COc1ccccc1NC(=O)N1CC(C)Oc2ccc(C)cc21. The molecule has 1 heterocycles. The van der Waals surface area contributed by atoms with Crippen molar-refractivity contribution in [3.05, 3.63) is 48.0 Å². The van der Waals surface area contributed by atoms with E-state index in [4.69, 9.17) is 9.47 Å². The lowest BCUT2D eigenvalue weighted by molar-refractivity contribution is 0.208. The van der Waals surface area contributed by atoms with Crippen LogP contribution in [0.1, 0.15) is 12.5 Å². The molecule has 0 spiro atoms.